The van der Waals surface area contributed by atoms with Crippen LogP contribution in [0.3, 0.4) is 0 Å². The molecule has 1 heteroatoms. The van der Waals surface area contributed by atoms with Gasteiger partial charge in [-0.25, -0.2) is 0 Å². The van der Waals surface area contributed by atoms with Crippen molar-refractivity contribution >= 4 is 10.9 Å². The van der Waals surface area contributed by atoms with Gasteiger partial charge >= 0.3 is 0 Å². The van der Waals surface area contributed by atoms with Crippen molar-refractivity contribution in [1.29, 1.82) is 0 Å². The van der Waals surface area contributed by atoms with Crippen LogP contribution in [0.25, 0.3) is 10.9 Å². The molecular formula is C17H17N. The van der Waals surface area contributed by atoms with Crippen LogP contribution in [0.5, 0.6) is 0 Å². The molecule has 0 aliphatic rings. The molecule has 3 aromatic rings. The van der Waals surface area contributed by atoms with E-state index in [1.807, 2.05) is 0 Å². The van der Waals surface area contributed by atoms with E-state index in [1.165, 1.54) is 22.0 Å². The minimum atomic E-state index is 1.04. The molecule has 0 aliphatic carbocycles. The van der Waals surface area contributed by atoms with Gasteiger partial charge in [0.1, 0.15) is 0 Å². The lowest BCUT2D eigenvalue weighted by atomic mass is 10.1. The fourth-order valence-corrected chi connectivity index (χ4v) is 2.38. The number of benzene rings is 2. The van der Waals surface area contributed by atoms with E-state index in [4.69, 9.17) is 0 Å². The van der Waals surface area contributed by atoms with Crippen molar-refractivity contribution in [2.45, 2.75) is 19.9 Å². The zero-order valence-electron chi connectivity index (χ0n) is 10.6. The highest BCUT2D eigenvalue weighted by molar-refractivity contribution is 5.80. The van der Waals surface area contributed by atoms with E-state index in [0.717, 1.165) is 13.0 Å². The van der Waals surface area contributed by atoms with E-state index >= 15 is 0 Å². The van der Waals surface area contributed by atoms with E-state index in [9.17, 15) is 0 Å². The van der Waals surface area contributed by atoms with Gasteiger partial charge < -0.3 is 4.57 Å². The van der Waals surface area contributed by atoms with Crippen LogP contribution in [0.1, 0.15) is 11.1 Å². The molecule has 0 saturated heterocycles. The lowest BCUT2D eigenvalue weighted by Crippen LogP contribution is -1.99. The molecule has 18 heavy (non-hydrogen) atoms. The van der Waals surface area contributed by atoms with Gasteiger partial charge in [-0.1, -0.05) is 42.5 Å². The molecule has 3 rings (SSSR count). The normalized spacial score (nSPS) is 10.9. The van der Waals surface area contributed by atoms with Crippen LogP contribution >= 0.6 is 0 Å². The average molecular weight is 235 g/mol. The maximum atomic E-state index is 2.34. The summed E-state index contributed by atoms with van der Waals surface area (Å²) < 4.78 is 2.34. The Morgan fingerprint density at radius 3 is 2.61 bits per heavy atom. The highest BCUT2D eigenvalue weighted by Gasteiger charge is 2.01. The minimum Gasteiger partial charge on any atom is -0.347 e. The number of rotatable bonds is 3. The highest BCUT2D eigenvalue weighted by atomic mass is 14.9. The fourth-order valence-electron chi connectivity index (χ4n) is 2.38. The second kappa shape index (κ2) is 4.69. The molecule has 0 fully saturated rings. The molecule has 0 spiro atoms. The SMILES string of the molecule is Cc1ccc2ccn(CCc3ccccc3)c2c1. The van der Waals surface area contributed by atoms with Gasteiger partial charge in [-0.3, -0.25) is 0 Å². The smallest absolute Gasteiger partial charge is 0.0483 e. The largest absolute Gasteiger partial charge is 0.347 e. The summed E-state index contributed by atoms with van der Waals surface area (Å²) in [6.45, 7) is 3.19. The summed E-state index contributed by atoms with van der Waals surface area (Å²) in [5.74, 6) is 0. The van der Waals surface area contributed by atoms with Gasteiger partial charge in [-0.2, -0.15) is 0 Å². The highest BCUT2D eigenvalue weighted by Crippen LogP contribution is 2.18. The molecule has 0 radical (unpaired) electrons. The minimum absolute atomic E-state index is 1.04. The maximum absolute atomic E-state index is 2.34. The number of aromatic nitrogens is 1. The summed E-state index contributed by atoms with van der Waals surface area (Å²) >= 11 is 0. The molecule has 1 nitrogen and oxygen atoms in total. The van der Waals surface area contributed by atoms with E-state index in [2.05, 4.69) is 72.3 Å². The van der Waals surface area contributed by atoms with Crippen LogP contribution in [0.4, 0.5) is 0 Å². The molecule has 0 aliphatic heterocycles. The third-order valence-electron chi connectivity index (χ3n) is 3.41. The first kappa shape index (κ1) is 11.1. The van der Waals surface area contributed by atoms with Crippen LogP contribution in [0, 0.1) is 6.92 Å². The summed E-state index contributed by atoms with van der Waals surface area (Å²) in [5.41, 5.74) is 4.06. The lowest BCUT2D eigenvalue weighted by molar-refractivity contribution is 0.723. The molecule has 1 aromatic heterocycles. The van der Waals surface area contributed by atoms with Gasteiger partial charge in [0.05, 0.1) is 0 Å². The third-order valence-corrected chi connectivity index (χ3v) is 3.41. The summed E-state index contributed by atoms with van der Waals surface area (Å²) in [7, 11) is 0. The Morgan fingerprint density at radius 2 is 1.78 bits per heavy atom. The first-order valence-corrected chi connectivity index (χ1v) is 6.42. The monoisotopic (exact) mass is 235 g/mol. The molecule has 0 bridgehead atoms. The predicted octanol–water partition coefficient (Wildman–Crippen LogP) is 4.19. The summed E-state index contributed by atoms with van der Waals surface area (Å²) in [4.78, 5) is 0. The summed E-state index contributed by atoms with van der Waals surface area (Å²) in [6.07, 6.45) is 3.27. The molecule has 0 unspecified atom stereocenters. The Labute approximate surface area is 108 Å². The van der Waals surface area contributed by atoms with Crippen LogP contribution in [0.2, 0.25) is 0 Å². The number of aryl methyl sites for hydroxylation is 3. The lowest BCUT2D eigenvalue weighted by Gasteiger charge is -2.06. The van der Waals surface area contributed by atoms with Crippen LogP contribution in [-0.2, 0) is 13.0 Å². The Bertz CT molecular complexity index is 650. The van der Waals surface area contributed by atoms with Gasteiger partial charge in [-0.05, 0) is 42.0 Å². The molecule has 0 atom stereocenters. The Balaban J connectivity index is 1.85. The van der Waals surface area contributed by atoms with Crippen molar-refractivity contribution in [3.05, 3.63) is 71.9 Å². The number of nitrogens with zero attached hydrogens (tertiary/aromatic N) is 1. The van der Waals surface area contributed by atoms with Gasteiger partial charge in [0.25, 0.3) is 0 Å². The van der Waals surface area contributed by atoms with Crippen molar-refractivity contribution in [2.75, 3.05) is 0 Å². The van der Waals surface area contributed by atoms with Gasteiger partial charge in [-0.15, -0.1) is 0 Å². The summed E-state index contributed by atoms with van der Waals surface area (Å²) in [5, 5.41) is 1.33. The van der Waals surface area contributed by atoms with Crippen molar-refractivity contribution in [3.8, 4) is 0 Å². The standard InChI is InChI=1S/C17H17N/c1-14-7-8-16-10-12-18(17(16)13-14)11-9-15-5-3-2-4-6-15/h2-8,10,12-13H,9,11H2,1H3. The molecule has 0 N–H and O–H groups in total. The zero-order valence-corrected chi connectivity index (χ0v) is 10.6. The zero-order chi connectivity index (χ0) is 12.4. The van der Waals surface area contributed by atoms with Gasteiger partial charge in [0.15, 0.2) is 0 Å². The predicted molar refractivity (Wildman–Crippen MR) is 76.8 cm³/mol. The second-order valence-electron chi connectivity index (χ2n) is 4.81. The number of hydrogen-bond acceptors (Lipinski definition) is 0. The van der Waals surface area contributed by atoms with Crippen molar-refractivity contribution in [3.63, 3.8) is 0 Å². The molecule has 1 heterocycles. The quantitative estimate of drug-likeness (QED) is 0.641. The van der Waals surface area contributed by atoms with Gasteiger partial charge in [0.2, 0.25) is 0 Å². The van der Waals surface area contributed by atoms with Crippen LogP contribution in [-0.4, -0.2) is 4.57 Å². The Morgan fingerprint density at radius 1 is 0.944 bits per heavy atom. The third kappa shape index (κ3) is 2.17. The second-order valence-corrected chi connectivity index (χ2v) is 4.81. The first-order chi connectivity index (χ1) is 8.83. The Kier molecular flexibility index (Phi) is 2.89. The molecular weight excluding hydrogens is 218 g/mol. The summed E-state index contributed by atoms with van der Waals surface area (Å²) in [6, 6.07) is 19.5. The first-order valence-electron chi connectivity index (χ1n) is 6.42. The number of fused-ring (bicyclic) bond motifs is 1. The van der Waals surface area contributed by atoms with E-state index in [1.54, 1.807) is 0 Å². The topological polar surface area (TPSA) is 4.93 Å². The van der Waals surface area contributed by atoms with Crippen molar-refractivity contribution in [1.82, 2.24) is 4.57 Å². The van der Waals surface area contributed by atoms with Crippen LogP contribution < -0.4 is 0 Å². The average Bonchev–Trinajstić information content (AvgIpc) is 2.80. The van der Waals surface area contributed by atoms with Crippen LogP contribution in [0.15, 0.2) is 60.8 Å². The number of hydrogen-bond donors (Lipinski definition) is 0. The fraction of sp³-hybridized carbons (Fsp3) is 0.176. The Hall–Kier alpha value is -2.02. The van der Waals surface area contributed by atoms with E-state index < -0.39 is 0 Å². The maximum Gasteiger partial charge on any atom is 0.0483 e. The molecule has 0 saturated carbocycles. The van der Waals surface area contributed by atoms with E-state index in [-0.39, 0.29) is 0 Å². The molecule has 2 aromatic carbocycles. The van der Waals surface area contributed by atoms with Gasteiger partial charge in [0, 0.05) is 18.3 Å². The van der Waals surface area contributed by atoms with Crippen molar-refractivity contribution in [2.24, 2.45) is 0 Å². The van der Waals surface area contributed by atoms with E-state index in [0.29, 0.717) is 0 Å². The molecule has 0 amide bonds. The van der Waals surface area contributed by atoms with Crippen molar-refractivity contribution < 1.29 is 0 Å². The molecule has 90 valence electrons.